The van der Waals surface area contributed by atoms with E-state index in [2.05, 4.69) is 20.3 Å². The van der Waals surface area contributed by atoms with Gasteiger partial charge in [0.05, 0.1) is 14.2 Å². The van der Waals surface area contributed by atoms with Crippen molar-refractivity contribution in [2.45, 2.75) is 12.5 Å². The number of aromatic nitrogens is 3. The fourth-order valence-electron chi connectivity index (χ4n) is 1.43. The molecule has 2 heterocycles. The van der Waals surface area contributed by atoms with Crippen LogP contribution in [0.3, 0.4) is 0 Å². The molecule has 1 unspecified atom stereocenters. The summed E-state index contributed by atoms with van der Waals surface area (Å²) in [5.74, 6) is 0. The fraction of sp³-hybridized carbons (Fsp3) is 0.667. The summed E-state index contributed by atoms with van der Waals surface area (Å²) in [6.45, 7) is 1.75. The minimum Gasteiger partial charge on any atom is -0.467 e. The molecule has 0 saturated carbocycles. The van der Waals surface area contributed by atoms with Gasteiger partial charge in [0.15, 0.2) is 0 Å². The molecule has 2 rings (SSSR count). The zero-order chi connectivity index (χ0) is 11.4. The van der Waals surface area contributed by atoms with E-state index in [4.69, 9.17) is 14.2 Å². The second-order valence-electron chi connectivity index (χ2n) is 3.32. The van der Waals surface area contributed by atoms with Gasteiger partial charge in [-0.25, -0.2) is 0 Å². The molecule has 7 heteroatoms. The molecule has 1 fully saturated rings. The highest BCUT2D eigenvalue weighted by Gasteiger charge is 2.18. The second kappa shape index (κ2) is 4.93. The summed E-state index contributed by atoms with van der Waals surface area (Å²) in [6.07, 6.45) is 1.04. The van der Waals surface area contributed by atoms with Gasteiger partial charge in [-0.3, -0.25) is 0 Å². The molecule has 1 atom stereocenters. The zero-order valence-electron chi connectivity index (χ0n) is 9.27. The molecule has 88 valence electrons. The molecule has 0 amide bonds. The van der Waals surface area contributed by atoms with Crippen LogP contribution in [0.4, 0.5) is 0 Å². The molecule has 1 aromatic heterocycles. The number of nitrogens with zero attached hydrogens (tertiary/aromatic N) is 3. The third-order valence-electron chi connectivity index (χ3n) is 2.23. The molecule has 1 N–H and O–H groups in total. The largest absolute Gasteiger partial charge is 0.467 e. The van der Waals surface area contributed by atoms with Gasteiger partial charge in [-0.15, -0.1) is 15.0 Å². The lowest BCUT2D eigenvalue weighted by molar-refractivity contribution is 0.195. The lowest BCUT2D eigenvalue weighted by Gasteiger charge is -2.11. The number of hydrogen-bond acceptors (Lipinski definition) is 7. The van der Waals surface area contributed by atoms with Crippen molar-refractivity contribution < 1.29 is 14.2 Å². The quantitative estimate of drug-likeness (QED) is 0.750. The predicted molar refractivity (Wildman–Crippen MR) is 54.8 cm³/mol. The van der Waals surface area contributed by atoms with E-state index in [0.29, 0.717) is 0 Å². The van der Waals surface area contributed by atoms with Crippen molar-refractivity contribution in [1.29, 1.82) is 0 Å². The highest BCUT2D eigenvalue weighted by molar-refractivity contribution is 5.09. The third-order valence-corrected chi connectivity index (χ3v) is 2.23. The number of rotatable bonds is 4. The van der Waals surface area contributed by atoms with Crippen molar-refractivity contribution in [2.75, 3.05) is 27.3 Å². The number of ether oxygens (including phenoxy) is 3. The molecule has 0 aromatic carbocycles. The van der Waals surface area contributed by atoms with Crippen LogP contribution in [0.2, 0.25) is 0 Å². The molecule has 1 aliphatic rings. The Bertz CT molecular complexity index is 332. The van der Waals surface area contributed by atoms with Crippen molar-refractivity contribution in [1.82, 2.24) is 20.3 Å². The molecule has 7 nitrogen and oxygen atoms in total. The molecule has 1 saturated heterocycles. The normalized spacial score (nSPS) is 19.5. The van der Waals surface area contributed by atoms with Crippen molar-refractivity contribution in [3.8, 4) is 18.0 Å². The fourth-order valence-corrected chi connectivity index (χ4v) is 1.43. The monoisotopic (exact) mass is 226 g/mol. The van der Waals surface area contributed by atoms with Gasteiger partial charge in [0.2, 0.25) is 0 Å². The van der Waals surface area contributed by atoms with Crippen molar-refractivity contribution >= 4 is 0 Å². The molecular weight excluding hydrogens is 212 g/mol. The van der Waals surface area contributed by atoms with Crippen LogP contribution in [0.15, 0.2) is 0 Å². The maximum absolute atomic E-state index is 5.58. The van der Waals surface area contributed by atoms with E-state index in [1.54, 1.807) is 0 Å². The Hall–Kier alpha value is -1.63. The van der Waals surface area contributed by atoms with Crippen LogP contribution < -0.4 is 19.5 Å². The molecule has 16 heavy (non-hydrogen) atoms. The first-order valence-corrected chi connectivity index (χ1v) is 5.03. The van der Waals surface area contributed by atoms with Crippen LogP contribution in [-0.2, 0) is 0 Å². The molecule has 0 spiro atoms. The van der Waals surface area contributed by atoms with E-state index >= 15 is 0 Å². The topological polar surface area (TPSA) is 78.4 Å². The van der Waals surface area contributed by atoms with E-state index in [1.165, 1.54) is 14.2 Å². The Morgan fingerprint density at radius 2 is 1.69 bits per heavy atom. The van der Waals surface area contributed by atoms with Gasteiger partial charge in [-0.05, 0) is 13.0 Å². The van der Waals surface area contributed by atoms with Crippen molar-refractivity contribution in [3.63, 3.8) is 0 Å². The maximum Gasteiger partial charge on any atom is 0.326 e. The number of hydrogen-bond donors (Lipinski definition) is 1. The van der Waals surface area contributed by atoms with Crippen LogP contribution in [-0.4, -0.2) is 48.4 Å². The molecule has 0 aliphatic carbocycles. The molecule has 0 bridgehead atoms. The Labute approximate surface area is 93.2 Å². The van der Waals surface area contributed by atoms with Gasteiger partial charge in [0, 0.05) is 6.54 Å². The smallest absolute Gasteiger partial charge is 0.326 e. The Morgan fingerprint density at radius 3 is 2.19 bits per heavy atom. The predicted octanol–water partition coefficient (Wildman–Crippen LogP) is -0.370. The minimum atomic E-state index is 0.0943. The molecule has 1 aromatic rings. The summed E-state index contributed by atoms with van der Waals surface area (Å²) in [6, 6.07) is 0.609. The van der Waals surface area contributed by atoms with Crippen LogP contribution >= 0.6 is 0 Å². The lowest BCUT2D eigenvalue weighted by atomic mass is 10.3. The van der Waals surface area contributed by atoms with Gasteiger partial charge < -0.3 is 19.5 Å². The highest BCUT2D eigenvalue weighted by Crippen LogP contribution is 2.16. The average Bonchev–Trinajstić information content (AvgIpc) is 2.81. The van der Waals surface area contributed by atoms with Gasteiger partial charge in [-0.1, -0.05) is 0 Å². The summed E-state index contributed by atoms with van der Waals surface area (Å²) in [7, 11) is 2.96. The van der Waals surface area contributed by atoms with E-state index in [9.17, 15) is 0 Å². The third kappa shape index (κ3) is 2.48. The first-order chi connectivity index (χ1) is 7.81. The summed E-state index contributed by atoms with van der Waals surface area (Å²) in [4.78, 5) is 11.9. The second-order valence-corrected chi connectivity index (χ2v) is 3.32. The van der Waals surface area contributed by atoms with E-state index in [-0.39, 0.29) is 24.1 Å². The van der Waals surface area contributed by atoms with Gasteiger partial charge in [0.25, 0.3) is 0 Å². The van der Waals surface area contributed by atoms with Crippen LogP contribution in [0.25, 0.3) is 0 Å². The summed E-state index contributed by atoms with van der Waals surface area (Å²) in [5, 5.41) is 3.19. The highest BCUT2D eigenvalue weighted by atomic mass is 16.5. The standard InChI is InChI=1S/C9H14N4O3/c1-14-7-11-8(15-2)13-9(12-7)16-6-3-4-10-5-6/h6,10H,3-5H2,1-2H3. The first kappa shape index (κ1) is 10.9. The van der Waals surface area contributed by atoms with E-state index < -0.39 is 0 Å². The SMILES string of the molecule is COc1nc(OC)nc(OC2CCNC2)n1. The minimum absolute atomic E-state index is 0.0943. The van der Waals surface area contributed by atoms with Gasteiger partial charge >= 0.3 is 18.0 Å². The zero-order valence-corrected chi connectivity index (χ0v) is 9.27. The van der Waals surface area contributed by atoms with E-state index in [0.717, 1.165) is 19.5 Å². The van der Waals surface area contributed by atoms with Crippen molar-refractivity contribution in [2.24, 2.45) is 0 Å². The Morgan fingerprint density at radius 1 is 1.06 bits per heavy atom. The van der Waals surface area contributed by atoms with Crippen LogP contribution in [0.5, 0.6) is 18.0 Å². The summed E-state index contributed by atoms with van der Waals surface area (Å²) >= 11 is 0. The van der Waals surface area contributed by atoms with Gasteiger partial charge in [0.1, 0.15) is 6.10 Å². The Kier molecular flexibility index (Phi) is 3.35. The number of nitrogens with one attached hydrogen (secondary N) is 1. The van der Waals surface area contributed by atoms with Crippen LogP contribution in [0, 0.1) is 0 Å². The van der Waals surface area contributed by atoms with Crippen LogP contribution in [0.1, 0.15) is 6.42 Å². The first-order valence-electron chi connectivity index (χ1n) is 5.03. The molecular formula is C9H14N4O3. The lowest BCUT2D eigenvalue weighted by Crippen LogP contribution is -2.21. The molecule has 1 aliphatic heterocycles. The number of methoxy groups -OCH3 is 2. The van der Waals surface area contributed by atoms with Gasteiger partial charge in [-0.2, -0.15) is 0 Å². The summed E-state index contributed by atoms with van der Waals surface area (Å²) < 4.78 is 15.4. The maximum atomic E-state index is 5.58. The van der Waals surface area contributed by atoms with Crippen molar-refractivity contribution in [3.05, 3.63) is 0 Å². The van der Waals surface area contributed by atoms with E-state index in [1.807, 2.05) is 0 Å². The summed E-state index contributed by atoms with van der Waals surface area (Å²) in [5.41, 5.74) is 0. The Balaban J connectivity index is 2.12. The average molecular weight is 226 g/mol. The molecule has 0 radical (unpaired) electrons.